The highest BCUT2D eigenvalue weighted by molar-refractivity contribution is 6.45. The summed E-state index contributed by atoms with van der Waals surface area (Å²) in [5, 5.41) is 0. The van der Waals surface area contributed by atoms with Gasteiger partial charge in [0.2, 0.25) is 0 Å². The molecule has 2 aromatic carbocycles. The number of ether oxygens (including phenoxy) is 1. The standard InChI is InChI=1S/C24H27N3O3/c1-4-30-20-12-10-17(11-13-20)21-22(26-14-5-6-15-26)24(29)27(23(21)28)19-9-7-8-18(16-19)25(2)3/h7-13,16H,4-6,14-15H2,1-3H3. The molecule has 2 heterocycles. The Bertz CT molecular complexity index is 989. The van der Waals surface area contributed by atoms with Gasteiger partial charge in [0.15, 0.2) is 0 Å². The van der Waals surface area contributed by atoms with E-state index in [0.717, 1.165) is 42.9 Å². The highest BCUT2D eigenvalue weighted by atomic mass is 16.5. The number of anilines is 2. The summed E-state index contributed by atoms with van der Waals surface area (Å²) in [6.07, 6.45) is 2.05. The molecule has 2 aliphatic rings. The molecule has 0 unspecified atom stereocenters. The summed E-state index contributed by atoms with van der Waals surface area (Å²) < 4.78 is 5.53. The van der Waals surface area contributed by atoms with E-state index in [4.69, 9.17) is 4.74 Å². The summed E-state index contributed by atoms with van der Waals surface area (Å²) in [7, 11) is 3.87. The van der Waals surface area contributed by atoms with Gasteiger partial charge < -0.3 is 14.5 Å². The monoisotopic (exact) mass is 405 g/mol. The summed E-state index contributed by atoms with van der Waals surface area (Å²) in [6.45, 7) is 4.09. The molecular formula is C24H27N3O3. The minimum Gasteiger partial charge on any atom is -0.494 e. The van der Waals surface area contributed by atoms with Gasteiger partial charge in [0, 0.05) is 32.9 Å². The Labute approximate surface area is 177 Å². The summed E-state index contributed by atoms with van der Waals surface area (Å²) >= 11 is 0. The molecule has 0 aromatic heterocycles. The molecule has 0 aliphatic carbocycles. The topological polar surface area (TPSA) is 53.1 Å². The third kappa shape index (κ3) is 3.54. The predicted molar refractivity (Wildman–Crippen MR) is 119 cm³/mol. The second kappa shape index (κ2) is 8.22. The maximum atomic E-state index is 13.6. The Morgan fingerprint density at radius 1 is 0.967 bits per heavy atom. The van der Waals surface area contributed by atoms with Crippen LogP contribution < -0.4 is 14.5 Å². The molecule has 0 bridgehead atoms. The maximum absolute atomic E-state index is 13.6. The van der Waals surface area contributed by atoms with E-state index in [-0.39, 0.29) is 11.8 Å². The SMILES string of the molecule is CCOc1ccc(C2=C(N3CCCC3)C(=O)N(c3cccc(N(C)C)c3)C2=O)cc1. The molecule has 0 atom stereocenters. The number of carbonyl (C=O) groups is 2. The van der Waals surface area contributed by atoms with Gasteiger partial charge >= 0.3 is 0 Å². The van der Waals surface area contributed by atoms with Crippen molar-refractivity contribution in [2.75, 3.05) is 43.6 Å². The van der Waals surface area contributed by atoms with Crippen molar-refractivity contribution in [3.8, 4) is 5.75 Å². The molecule has 30 heavy (non-hydrogen) atoms. The van der Waals surface area contributed by atoms with E-state index in [2.05, 4.69) is 4.90 Å². The minimum atomic E-state index is -0.276. The van der Waals surface area contributed by atoms with Gasteiger partial charge in [-0.25, -0.2) is 4.90 Å². The molecule has 6 nitrogen and oxygen atoms in total. The number of hydrogen-bond acceptors (Lipinski definition) is 5. The van der Waals surface area contributed by atoms with Gasteiger partial charge in [-0.15, -0.1) is 0 Å². The van der Waals surface area contributed by atoms with Crippen LogP contribution in [0.4, 0.5) is 11.4 Å². The maximum Gasteiger partial charge on any atom is 0.282 e. The number of amides is 2. The molecule has 2 aromatic rings. The van der Waals surface area contributed by atoms with E-state index in [1.54, 1.807) is 0 Å². The minimum absolute atomic E-state index is 0.248. The molecule has 6 heteroatoms. The van der Waals surface area contributed by atoms with Crippen LogP contribution in [-0.4, -0.2) is 50.5 Å². The molecule has 0 radical (unpaired) electrons. The Morgan fingerprint density at radius 2 is 1.67 bits per heavy atom. The van der Waals surface area contributed by atoms with Crippen LogP contribution in [0.25, 0.3) is 5.57 Å². The fourth-order valence-corrected chi connectivity index (χ4v) is 4.04. The number of benzene rings is 2. The molecule has 2 amide bonds. The first-order valence-corrected chi connectivity index (χ1v) is 10.4. The Hall–Kier alpha value is -3.28. The van der Waals surface area contributed by atoms with Crippen LogP contribution in [0.5, 0.6) is 5.75 Å². The van der Waals surface area contributed by atoms with Crippen LogP contribution >= 0.6 is 0 Å². The third-order valence-electron chi connectivity index (χ3n) is 5.54. The van der Waals surface area contributed by atoms with Gasteiger partial charge in [-0.1, -0.05) is 18.2 Å². The fraction of sp³-hybridized carbons (Fsp3) is 0.333. The molecule has 0 spiro atoms. The largest absolute Gasteiger partial charge is 0.494 e. The Morgan fingerprint density at radius 3 is 2.30 bits per heavy atom. The molecule has 4 rings (SSSR count). The van der Waals surface area contributed by atoms with Crippen molar-refractivity contribution in [3.05, 3.63) is 59.8 Å². The van der Waals surface area contributed by atoms with E-state index >= 15 is 0 Å². The lowest BCUT2D eigenvalue weighted by Crippen LogP contribution is -2.34. The molecular weight excluding hydrogens is 378 g/mol. The second-order valence-corrected chi connectivity index (χ2v) is 7.74. The summed E-state index contributed by atoms with van der Waals surface area (Å²) in [4.78, 5) is 32.4. The second-order valence-electron chi connectivity index (χ2n) is 7.74. The van der Waals surface area contributed by atoms with Crippen molar-refractivity contribution in [1.29, 1.82) is 0 Å². The first kappa shape index (κ1) is 20.0. The zero-order valence-electron chi connectivity index (χ0n) is 17.7. The van der Waals surface area contributed by atoms with Crippen LogP contribution in [0.15, 0.2) is 54.2 Å². The number of likely N-dealkylation sites (tertiary alicyclic amines) is 1. The summed E-state index contributed by atoms with van der Waals surface area (Å²) in [6, 6.07) is 14.9. The van der Waals surface area contributed by atoms with Crippen LogP contribution in [0.3, 0.4) is 0 Å². The van der Waals surface area contributed by atoms with E-state index in [9.17, 15) is 9.59 Å². The Kier molecular flexibility index (Phi) is 5.48. The highest BCUT2D eigenvalue weighted by Gasteiger charge is 2.43. The van der Waals surface area contributed by atoms with E-state index in [1.165, 1.54) is 4.90 Å². The summed E-state index contributed by atoms with van der Waals surface area (Å²) in [5.74, 6) is 0.223. The smallest absolute Gasteiger partial charge is 0.282 e. The number of carbonyl (C=O) groups excluding carboxylic acids is 2. The van der Waals surface area contributed by atoms with E-state index < -0.39 is 0 Å². The van der Waals surface area contributed by atoms with Gasteiger partial charge in [-0.2, -0.15) is 0 Å². The molecule has 156 valence electrons. The average Bonchev–Trinajstić information content (AvgIpc) is 3.35. The zero-order chi connectivity index (χ0) is 21.3. The Balaban J connectivity index is 1.77. The van der Waals surface area contributed by atoms with Crippen molar-refractivity contribution in [2.24, 2.45) is 0 Å². The molecule has 2 aliphatic heterocycles. The van der Waals surface area contributed by atoms with Crippen LogP contribution in [0.1, 0.15) is 25.3 Å². The third-order valence-corrected chi connectivity index (χ3v) is 5.54. The first-order valence-electron chi connectivity index (χ1n) is 10.4. The van der Waals surface area contributed by atoms with Crippen molar-refractivity contribution in [2.45, 2.75) is 19.8 Å². The first-order chi connectivity index (χ1) is 14.5. The lowest BCUT2D eigenvalue weighted by Gasteiger charge is -2.21. The van der Waals surface area contributed by atoms with Gasteiger partial charge in [0.25, 0.3) is 11.8 Å². The van der Waals surface area contributed by atoms with Crippen molar-refractivity contribution >= 4 is 28.8 Å². The quantitative estimate of drug-likeness (QED) is 0.688. The molecule has 0 saturated carbocycles. The van der Waals surface area contributed by atoms with Gasteiger partial charge in [-0.3, -0.25) is 9.59 Å². The molecule has 0 N–H and O–H groups in total. The van der Waals surface area contributed by atoms with Crippen molar-refractivity contribution < 1.29 is 14.3 Å². The fourth-order valence-electron chi connectivity index (χ4n) is 4.04. The van der Waals surface area contributed by atoms with Gasteiger partial charge in [0.05, 0.1) is 17.9 Å². The average molecular weight is 405 g/mol. The van der Waals surface area contributed by atoms with Crippen LogP contribution in [0.2, 0.25) is 0 Å². The number of imide groups is 1. The van der Waals surface area contributed by atoms with Crippen molar-refractivity contribution in [3.63, 3.8) is 0 Å². The molecule has 1 fully saturated rings. The zero-order valence-corrected chi connectivity index (χ0v) is 17.7. The molecule has 1 saturated heterocycles. The highest BCUT2D eigenvalue weighted by Crippen LogP contribution is 2.37. The van der Waals surface area contributed by atoms with Crippen LogP contribution in [-0.2, 0) is 9.59 Å². The summed E-state index contributed by atoms with van der Waals surface area (Å²) in [5.41, 5.74) is 3.25. The van der Waals surface area contributed by atoms with E-state index in [0.29, 0.717) is 23.6 Å². The predicted octanol–water partition coefficient (Wildman–Crippen LogP) is 3.53. The number of hydrogen-bond donors (Lipinski definition) is 0. The van der Waals surface area contributed by atoms with Gasteiger partial charge in [-0.05, 0) is 55.7 Å². The number of nitrogens with zero attached hydrogens (tertiary/aromatic N) is 3. The van der Waals surface area contributed by atoms with Crippen LogP contribution in [0, 0.1) is 0 Å². The van der Waals surface area contributed by atoms with Crippen molar-refractivity contribution in [1.82, 2.24) is 4.90 Å². The number of rotatable bonds is 6. The normalized spacial score (nSPS) is 16.6. The lowest BCUT2D eigenvalue weighted by molar-refractivity contribution is -0.120. The lowest BCUT2D eigenvalue weighted by atomic mass is 10.0. The van der Waals surface area contributed by atoms with E-state index in [1.807, 2.05) is 74.4 Å². The van der Waals surface area contributed by atoms with Gasteiger partial charge in [0.1, 0.15) is 11.4 Å².